The maximum absolute atomic E-state index is 12.8. The lowest BCUT2D eigenvalue weighted by molar-refractivity contribution is -0.158. The second-order valence-electron chi connectivity index (χ2n) is 7.89. The fraction of sp³-hybridized carbons (Fsp3) is 0.458. The number of methoxy groups -OCH3 is 1. The third-order valence-electron chi connectivity index (χ3n) is 5.76. The monoisotopic (exact) mass is 457 g/mol. The van der Waals surface area contributed by atoms with Gasteiger partial charge >= 0.3 is 5.97 Å². The van der Waals surface area contributed by atoms with Crippen molar-refractivity contribution in [2.24, 2.45) is 0 Å². The third-order valence-corrected chi connectivity index (χ3v) is 5.76. The number of pyridine rings is 1. The molecule has 1 aliphatic heterocycles. The fourth-order valence-electron chi connectivity index (χ4n) is 3.70. The Kier molecular flexibility index (Phi) is 8.62. The second-order valence-corrected chi connectivity index (χ2v) is 7.89. The number of hydrogen-bond donors (Lipinski definition) is 3. The van der Waals surface area contributed by atoms with Gasteiger partial charge < -0.3 is 30.0 Å². The van der Waals surface area contributed by atoms with Gasteiger partial charge in [0.15, 0.2) is 5.60 Å². The maximum Gasteiger partial charge on any atom is 0.326 e. The first-order valence-electron chi connectivity index (χ1n) is 11.0. The molecular weight excluding hydrogens is 426 g/mol. The molecule has 33 heavy (non-hydrogen) atoms. The summed E-state index contributed by atoms with van der Waals surface area (Å²) in [6.07, 6.45) is 1.60. The number of ether oxygens (including phenoxy) is 3. The minimum atomic E-state index is -1.10. The van der Waals surface area contributed by atoms with Crippen molar-refractivity contribution < 1.29 is 28.9 Å². The highest BCUT2D eigenvalue weighted by Gasteiger charge is 2.41. The highest BCUT2D eigenvalue weighted by atomic mass is 16.5. The van der Waals surface area contributed by atoms with Crippen LogP contribution in [-0.2, 0) is 31.9 Å². The molecule has 3 rings (SSSR count). The molecule has 0 radical (unpaired) electrons. The van der Waals surface area contributed by atoms with Crippen molar-refractivity contribution in [1.29, 1.82) is 0 Å². The predicted octanol–water partition coefficient (Wildman–Crippen LogP) is 2.05. The summed E-state index contributed by atoms with van der Waals surface area (Å²) in [5, 5.41) is 15.3. The van der Waals surface area contributed by atoms with E-state index in [1.54, 1.807) is 24.3 Å². The summed E-state index contributed by atoms with van der Waals surface area (Å²) >= 11 is 0. The molecule has 0 bridgehead atoms. The standard InChI is InChI=1S/C24H31N3O6/c1-25-21-5-3-4-18(26-21)10-13-33-19-8-6-17(7-9-19)16-20(22(28)29)27-23(30)24(31-2)11-14-32-15-12-24/h3-9,20H,10-16H2,1-2H3,(H,25,26)(H,27,30)(H,28,29)/t20-/m0/s1. The topological polar surface area (TPSA) is 119 Å². The molecule has 0 unspecified atom stereocenters. The fourth-order valence-corrected chi connectivity index (χ4v) is 3.70. The zero-order valence-corrected chi connectivity index (χ0v) is 19.0. The summed E-state index contributed by atoms with van der Waals surface area (Å²) in [7, 11) is 3.29. The van der Waals surface area contributed by atoms with Crippen LogP contribution in [-0.4, -0.2) is 67.6 Å². The largest absolute Gasteiger partial charge is 0.493 e. The molecule has 3 N–H and O–H groups in total. The molecule has 1 aromatic carbocycles. The Balaban J connectivity index is 1.54. The van der Waals surface area contributed by atoms with E-state index >= 15 is 0 Å². The molecule has 0 aliphatic carbocycles. The molecular formula is C24H31N3O6. The van der Waals surface area contributed by atoms with E-state index in [9.17, 15) is 14.7 Å². The van der Waals surface area contributed by atoms with E-state index in [4.69, 9.17) is 14.2 Å². The number of carboxylic acids is 1. The van der Waals surface area contributed by atoms with E-state index in [-0.39, 0.29) is 6.42 Å². The van der Waals surface area contributed by atoms with Gasteiger partial charge in [-0.1, -0.05) is 18.2 Å². The van der Waals surface area contributed by atoms with Gasteiger partial charge in [0.05, 0.1) is 6.61 Å². The van der Waals surface area contributed by atoms with Gasteiger partial charge in [-0.25, -0.2) is 9.78 Å². The van der Waals surface area contributed by atoms with Gasteiger partial charge in [0.2, 0.25) is 0 Å². The van der Waals surface area contributed by atoms with Crippen LogP contribution in [0.3, 0.4) is 0 Å². The lowest BCUT2D eigenvalue weighted by Crippen LogP contribution is -2.56. The molecule has 9 nitrogen and oxygen atoms in total. The normalized spacial score (nSPS) is 15.9. The summed E-state index contributed by atoms with van der Waals surface area (Å²) < 4.78 is 16.6. The minimum absolute atomic E-state index is 0.151. The molecule has 2 heterocycles. The molecule has 9 heteroatoms. The highest BCUT2D eigenvalue weighted by Crippen LogP contribution is 2.25. The minimum Gasteiger partial charge on any atom is -0.493 e. The average Bonchev–Trinajstić information content (AvgIpc) is 2.85. The van der Waals surface area contributed by atoms with Gasteiger partial charge in [0.1, 0.15) is 17.6 Å². The van der Waals surface area contributed by atoms with Gasteiger partial charge in [0, 0.05) is 58.7 Å². The number of benzene rings is 1. The lowest BCUT2D eigenvalue weighted by atomic mass is 9.92. The predicted molar refractivity (Wildman–Crippen MR) is 122 cm³/mol. The molecule has 0 spiro atoms. The molecule has 1 amide bonds. The molecule has 1 atom stereocenters. The molecule has 1 saturated heterocycles. The number of nitrogens with one attached hydrogen (secondary N) is 2. The van der Waals surface area contributed by atoms with Crippen LogP contribution in [0.25, 0.3) is 0 Å². The van der Waals surface area contributed by atoms with Crippen LogP contribution in [0.1, 0.15) is 24.1 Å². The number of carboxylic acid groups (broad SMARTS) is 1. The van der Waals surface area contributed by atoms with Gasteiger partial charge in [-0.15, -0.1) is 0 Å². The Morgan fingerprint density at radius 2 is 1.91 bits per heavy atom. The summed E-state index contributed by atoms with van der Waals surface area (Å²) in [6, 6.07) is 11.9. The SMILES string of the molecule is CNc1cccc(CCOc2ccc(C[C@H](NC(=O)C3(OC)CCOCC3)C(=O)O)cc2)n1. The number of carbonyl (C=O) groups excluding carboxylic acids is 1. The summed E-state index contributed by atoms with van der Waals surface area (Å²) in [4.78, 5) is 29.0. The molecule has 1 aromatic heterocycles. The first-order chi connectivity index (χ1) is 16.0. The van der Waals surface area contributed by atoms with Crippen molar-refractivity contribution in [3.05, 3.63) is 53.7 Å². The Bertz CT molecular complexity index is 928. The molecule has 178 valence electrons. The van der Waals surface area contributed by atoms with Crippen molar-refractivity contribution in [3.63, 3.8) is 0 Å². The number of anilines is 1. The smallest absolute Gasteiger partial charge is 0.326 e. The van der Waals surface area contributed by atoms with Crippen LogP contribution < -0.4 is 15.4 Å². The van der Waals surface area contributed by atoms with E-state index in [1.165, 1.54) is 7.11 Å². The Labute approximate surface area is 193 Å². The van der Waals surface area contributed by atoms with Crippen molar-refractivity contribution in [3.8, 4) is 5.75 Å². The Morgan fingerprint density at radius 3 is 2.55 bits per heavy atom. The summed E-state index contributed by atoms with van der Waals surface area (Å²) in [6.45, 7) is 1.27. The number of carbonyl (C=O) groups is 2. The lowest BCUT2D eigenvalue weighted by Gasteiger charge is -2.35. The van der Waals surface area contributed by atoms with E-state index in [1.807, 2.05) is 25.2 Å². The van der Waals surface area contributed by atoms with Crippen LogP contribution >= 0.6 is 0 Å². The summed E-state index contributed by atoms with van der Waals surface area (Å²) in [5.41, 5.74) is 0.652. The van der Waals surface area contributed by atoms with Gasteiger partial charge in [-0.3, -0.25) is 4.79 Å². The highest BCUT2D eigenvalue weighted by molar-refractivity contribution is 5.89. The van der Waals surface area contributed by atoms with E-state index in [0.29, 0.717) is 44.8 Å². The Hall–Kier alpha value is -3.17. The number of aliphatic carboxylic acids is 1. The zero-order chi connectivity index (χ0) is 23.7. The number of nitrogens with zero attached hydrogens (tertiary/aromatic N) is 1. The first-order valence-corrected chi connectivity index (χ1v) is 11.0. The number of amides is 1. The van der Waals surface area contributed by atoms with Crippen LogP contribution in [0.4, 0.5) is 5.82 Å². The molecule has 2 aromatic rings. The summed E-state index contributed by atoms with van der Waals surface area (Å²) in [5.74, 6) is -0.0277. The van der Waals surface area contributed by atoms with Gasteiger partial charge in [0.25, 0.3) is 5.91 Å². The van der Waals surface area contributed by atoms with E-state index < -0.39 is 23.5 Å². The first kappa shape index (κ1) is 24.5. The van der Waals surface area contributed by atoms with E-state index in [2.05, 4.69) is 15.6 Å². The third kappa shape index (κ3) is 6.66. The van der Waals surface area contributed by atoms with Gasteiger partial charge in [-0.05, 0) is 29.8 Å². The Morgan fingerprint density at radius 1 is 1.18 bits per heavy atom. The van der Waals surface area contributed by atoms with E-state index in [0.717, 1.165) is 17.1 Å². The second kappa shape index (κ2) is 11.6. The van der Waals surface area contributed by atoms with Crippen LogP contribution in [0, 0.1) is 0 Å². The van der Waals surface area contributed by atoms with Crippen molar-refractivity contribution in [2.45, 2.75) is 37.3 Å². The molecule has 0 saturated carbocycles. The van der Waals surface area contributed by atoms with Crippen molar-refractivity contribution in [1.82, 2.24) is 10.3 Å². The van der Waals surface area contributed by atoms with Crippen molar-refractivity contribution in [2.75, 3.05) is 39.3 Å². The quantitative estimate of drug-likeness (QED) is 0.469. The maximum atomic E-state index is 12.8. The number of aromatic nitrogens is 1. The zero-order valence-electron chi connectivity index (χ0n) is 19.0. The number of rotatable bonds is 11. The number of hydrogen-bond acceptors (Lipinski definition) is 7. The van der Waals surface area contributed by atoms with Gasteiger partial charge in [-0.2, -0.15) is 0 Å². The molecule has 1 fully saturated rings. The average molecular weight is 458 g/mol. The van der Waals surface area contributed by atoms with Crippen LogP contribution in [0.2, 0.25) is 0 Å². The van der Waals surface area contributed by atoms with Crippen molar-refractivity contribution >= 4 is 17.7 Å². The van der Waals surface area contributed by atoms with Crippen LogP contribution in [0.5, 0.6) is 5.75 Å². The van der Waals surface area contributed by atoms with Crippen LogP contribution in [0.15, 0.2) is 42.5 Å². The molecule has 1 aliphatic rings.